The van der Waals surface area contributed by atoms with Crippen molar-refractivity contribution in [2.45, 2.75) is 44.4 Å². The van der Waals surface area contributed by atoms with Gasteiger partial charge in [-0.15, -0.1) is 11.6 Å². The molecule has 1 aromatic carbocycles. The Morgan fingerprint density at radius 2 is 1.94 bits per heavy atom. The molecular formula is C14H17Br2Cl. The second-order valence-corrected chi connectivity index (χ2v) is 7.16. The minimum absolute atomic E-state index is 0.113. The van der Waals surface area contributed by atoms with E-state index in [9.17, 15) is 0 Å². The first-order valence-electron chi connectivity index (χ1n) is 6.18. The molecule has 0 N–H and O–H groups in total. The maximum absolute atomic E-state index is 6.80. The van der Waals surface area contributed by atoms with Gasteiger partial charge in [0, 0.05) is 8.95 Å². The second kappa shape index (κ2) is 5.63. The van der Waals surface area contributed by atoms with Crippen LogP contribution in [0.1, 0.15) is 50.0 Å². The summed E-state index contributed by atoms with van der Waals surface area (Å²) in [5, 5.41) is 0.113. The molecule has 3 heteroatoms. The topological polar surface area (TPSA) is 0 Å². The van der Waals surface area contributed by atoms with E-state index in [4.69, 9.17) is 11.6 Å². The van der Waals surface area contributed by atoms with Crippen LogP contribution in [0.2, 0.25) is 0 Å². The van der Waals surface area contributed by atoms with E-state index < -0.39 is 0 Å². The Bertz CT molecular complexity index is 397. The molecular weight excluding hydrogens is 363 g/mol. The lowest BCUT2D eigenvalue weighted by Crippen LogP contribution is -2.21. The summed E-state index contributed by atoms with van der Waals surface area (Å²) in [6.45, 7) is 2.27. The highest BCUT2D eigenvalue weighted by Crippen LogP contribution is 2.54. The van der Waals surface area contributed by atoms with Crippen molar-refractivity contribution in [1.29, 1.82) is 0 Å². The molecule has 1 atom stereocenters. The van der Waals surface area contributed by atoms with Crippen molar-refractivity contribution >= 4 is 43.5 Å². The van der Waals surface area contributed by atoms with Gasteiger partial charge in [-0.3, -0.25) is 0 Å². The van der Waals surface area contributed by atoms with Gasteiger partial charge in [0.2, 0.25) is 0 Å². The van der Waals surface area contributed by atoms with Gasteiger partial charge < -0.3 is 0 Å². The van der Waals surface area contributed by atoms with Gasteiger partial charge in [-0.1, -0.05) is 51.6 Å². The van der Waals surface area contributed by atoms with E-state index in [1.54, 1.807) is 0 Å². The van der Waals surface area contributed by atoms with Crippen molar-refractivity contribution in [3.63, 3.8) is 0 Å². The number of halogens is 3. The summed E-state index contributed by atoms with van der Waals surface area (Å²) in [4.78, 5) is 0. The number of hydrogen-bond donors (Lipinski definition) is 0. The Balaban J connectivity index is 2.35. The van der Waals surface area contributed by atoms with Crippen LogP contribution in [0.15, 0.2) is 27.1 Å². The molecule has 0 heterocycles. The van der Waals surface area contributed by atoms with Crippen LogP contribution >= 0.6 is 43.5 Å². The van der Waals surface area contributed by atoms with Crippen LogP contribution in [0, 0.1) is 5.41 Å². The van der Waals surface area contributed by atoms with E-state index in [1.807, 2.05) is 6.07 Å². The van der Waals surface area contributed by atoms with Crippen molar-refractivity contribution in [3.05, 3.63) is 32.7 Å². The van der Waals surface area contributed by atoms with Gasteiger partial charge in [0.15, 0.2) is 0 Å². The van der Waals surface area contributed by atoms with Crippen LogP contribution in [0.5, 0.6) is 0 Å². The van der Waals surface area contributed by atoms with E-state index in [-0.39, 0.29) is 5.38 Å². The van der Waals surface area contributed by atoms with E-state index >= 15 is 0 Å². The van der Waals surface area contributed by atoms with Gasteiger partial charge in [-0.2, -0.15) is 0 Å². The summed E-state index contributed by atoms with van der Waals surface area (Å²) in [6.07, 6.45) is 6.33. The lowest BCUT2D eigenvalue weighted by molar-refractivity contribution is 0.270. The molecule has 1 saturated carbocycles. The molecule has 1 unspecified atom stereocenters. The zero-order valence-corrected chi connectivity index (χ0v) is 13.9. The molecule has 1 aromatic rings. The number of rotatable bonds is 3. The van der Waals surface area contributed by atoms with Crippen LogP contribution in [-0.4, -0.2) is 0 Å². The molecule has 0 radical (unpaired) electrons. The maximum Gasteiger partial charge on any atom is 0.0652 e. The molecule has 2 rings (SSSR count). The van der Waals surface area contributed by atoms with E-state index in [1.165, 1.54) is 37.7 Å². The van der Waals surface area contributed by atoms with Gasteiger partial charge in [0.25, 0.3) is 0 Å². The second-order valence-electron chi connectivity index (χ2n) is 4.95. The summed E-state index contributed by atoms with van der Waals surface area (Å²) < 4.78 is 2.23. The van der Waals surface area contributed by atoms with Crippen LogP contribution in [-0.2, 0) is 0 Å². The Morgan fingerprint density at radius 3 is 2.53 bits per heavy atom. The Labute approximate surface area is 125 Å². The summed E-state index contributed by atoms with van der Waals surface area (Å²) in [5.41, 5.74) is 1.52. The molecule has 0 nitrogen and oxygen atoms in total. The fraction of sp³-hybridized carbons (Fsp3) is 0.571. The van der Waals surface area contributed by atoms with E-state index in [0.29, 0.717) is 5.41 Å². The van der Waals surface area contributed by atoms with E-state index in [0.717, 1.165) is 8.95 Å². The molecule has 0 spiro atoms. The fourth-order valence-corrected chi connectivity index (χ4v) is 4.44. The Kier molecular flexibility index (Phi) is 4.60. The summed E-state index contributed by atoms with van der Waals surface area (Å²) in [6, 6.07) is 6.27. The van der Waals surface area contributed by atoms with Gasteiger partial charge in [-0.05, 0) is 48.4 Å². The molecule has 1 aliphatic carbocycles. The molecule has 0 aliphatic heterocycles. The standard InChI is InChI=1S/C14H17Br2Cl/c1-2-14(7-3-4-8-14)13(17)11-9-10(15)5-6-12(11)16/h5-6,9,13H,2-4,7-8H2,1H3. The van der Waals surface area contributed by atoms with Crippen molar-refractivity contribution in [1.82, 2.24) is 0 Å². The fourth-order valence-electron chi connectivity index (χ4n) is 2.90. The van der Waals surface area contributed by atoms with Gasteiger partial charge in [0.05, 0.1) is 5.38 Å². The third-order valence-corrected chi connectivity index (χ3v) is 5.99. The summed E-state index contributed by atoms with van der Waals surface area (Å²) >= 11 is 14.0. The molecule has 0 bridgehead atoms. The highest BCUT2D eigenvalue weighted by molar-refractivity contribution is 9.11. The highest BCUT2D eigenvalue weighted by Gasteiger charge is 2.40. The third-order valence-electron chi connectivity index (χ3n) is 4.07. The predicted molar refractivity (Wildman–Crippen MR) is 81.6 cm³/mol. The largest absolute Gasteiger partial charge is 0.117 e. The smallest absolute Gasteiger partial charge is 0.0652 e. The van der Waals surface area contributed by atoms with Crippen molar-refractivity contribution in [3.8, 4) is 0 Å². The normalized spacial score (nSPS) is 20.5. The molecule has 1 aliphatic rings. The highest BCUT2D eigenvalue weighted by atomic mass is 79.9. The first-order valence-corrected chi connectivity index (χ1v) is 8.20. The van der Waals surface area contributed by atoms with Crippen LogP contribution < -0.4 is 0 Å². The first kappa shape index (κ1) is 13.9. The third kappa shape index (κ3) is 2.74. The average molecular weight is 381 g/mol. The van der Waals surface area contributed by atoms with E-state index in [2.05, 4.69) is 50.9 Å². The van der Waals surface area contributed by atoms with Crippen LogP contribution in [0.3, 0.4) is 0 Å². The van der Waals surface area contributed by atoms with Crippen molar-refractivity contribution in [2.24, 2.45) is 5.41 Å². The zero-order chi connectivity index (χ0) is 12.5. The molecule has 17 heavy (non-hydrogen) atoms. The Morgan fingerprint density at radius 1 is 1.29 bits per heavy atom. The molecule has 0 aromatic heterocycles. The lowest BCUT2D eigenvalue weighted by Gasteiger charge is -2.33. The predicted octanol–water partition coefficient (Wildman–Crippen LogP) is 6.46. The van der Waals surface area contributed by atoms with Gasteiger partial charge in [-0.25, -0.2) is 0 Å². The molecule has 1 fully saturated rings. The molecule has 0 amide bonds. The van der Waals surface area contributed by atoms with Crippen molar-refractivity contribution < 1.29 is 0 Å². The minimum Gasteiger partial charge on any atom is -0.117 e. The lowest BCUT2D eigenvalue weighted by atomic mass is 9.77. The molecule has 94 valence electrons. The SMILES string of the molecule is CCC1(C(Cl)c2cc(Br)ccc2Br)CCCC1. The Hall–Kier alpha value is 0.470. The monoisotopic (exact) mass is 378 g/mol. The van der Waals surface area contributed by atoms with Crippen molar-refractivity contribution in [2.75, 3.05) is 0 Å². The summed E-state index contributed by atoms with van der Waals surface area (Å²) in [5.74, 6) is 0. The molecule has 0 saturated heterocycles. The van der Waals surface area contributed by atoms with Gasteiger partial charge >= 0.3 is 0 Å². The van der Waals surface area contributed by atoms with Crippen LogP contribution in [0.25, 0.3) is 0 Å². The number of alkyl halides is 1. The number of benzene rings is 1. The number of hydrogen-bond acceptors (Lipinski definition) is 0. The van der Waals surface area contributed by atoms with Crippen LogP contribution in [0.4, 0.5) is 0 Å². The minimum atomic E-state index is 0.113. The summed E-state index contributed by atoms with van der Waals surface area (Å²) in [7, 11) is 0. The zero-order valence-electron chi connectivity index (χ0n) is 9.98. The average Bonchev–Trinajstić information content (AvgIpc) is 2.81. The quantitative estimate of drug-likeness (QED) is 0.528. The maximum atomic E-state index is 6.80. The van der Waals surface area contributed by atoms with Gasteiger partial charge in [0.1, 0.15) is 0 Å². The first-order chi connectivity index (χ1) is 8.09.